The maximum atomic E-state index is 14.9. The van der Waals surface area contributed by atoms with Crippen molar-refractivity contribution in [1.82, 2.24) is 5.32 Å². The minimum absolute atomic E-state index is 0.0681. The molecule has 0 saturated carbocycles. The molecule has 2 N–H and O–H groups in total. The number of hydrogen-bond acceptors (Lipinski definition) is 5. The van der Waals surface area contributed by atoms with Crippen LogP contribution in [0.15, 0.2) is 155 Å². The average Bonchev–Trinajstić information content (AvgIpc) is 3.56. The van der Waals surface area contributed by atoms with E-state index in [1.54, 1.807) is 0 Å². The number of amides is 1. The molecule has 6 aromatic carbocycles. The number of benzene rings is 6. The monoisotopic (exact) mass is 724 g/mol. The molecule has 1 amide bonds. The molecule has 7 heteroatoms. The van der Waals surface area contributed by atoms with Crippen LogP contribution < -0.4 is 10.1 Å². The molecule has 0 aromatic heterocycles. The van der Waals surface area contributed by atoms with Crippen LogP contribution in [0.25, 0.3) is 21.9 Å². The lowest BCUT2D eigenvalue weighted by Gasteiger charge is -2.31. The van der Waals surface area contributed by atoms with Gasteiger partial charge in [-0.3, -0.25) is 4.79 Å². The van der Waals surface area contributed by atoms with Gasteiger partial charge in [-0.15, -0.1) is 0 Å². The first kappa shape index (κ1) is 33.3. The molecule has 1 heterocycles. The van der Waals surface area contributed by atoms with Crippen molar-refractivity contribution in [3.05, 3.63) is 172 Å². The van der Waals surface area contributed by atoms with Crippen molar-refractivity contribution in [2.24, 2.45) is 4.99 Å². The fraction of sp³-hybridized carbons (Fsp3) is 0.163. The molecule has 1 aliphatic heterocycles. The molecule has 0 fully saturated rings. The van der Waals surface area contributed by atoms with E-state index in [0.717, 1.165) is 48.6 Å². The first-order chi connectivity index (χ1) is 24.5. The number of halogens is 1. The van der Waals surface area contributed by atoms with Gasteiger partial charge in [0.15, 0.2) is 11.6 Å². The van der Waals surface area contributed by atoms with Crippen molar-refractivity contribution in [3.63, 3.8) is 0 Å². The maximum absolute atomic E-state index is 14.9. The Kier molecular flexibility index (Phi) is 10.1. The minimum atomic E-state index is -1.34. The Morgan fingerprint density at radius 1 is 0.760 bits per heavy atom. The number of nitrogens with one attached hydrogen (secondary N) is 1. The molecule has 2 atom stereocenters. The quantitative estimate of drug-likeness (QED) is 0.124. The van der Waals surface area contributed by atoms with Crippen LogP contribution in [0.5, 0.6) is 5.75 Å². The third-order valence-corrected chi connectivity index (χ3v) is 9.86. The first-order valence-electron chi connectivity index (χ1n) is 16.8. The van der Waals surface area contributed by atoms with Crippen LogP contribution in [-0.4, -0.2) is 35.7 Å². The predicted molar refractivity (Wildman–Crippen MR) is 202 cm³/mol. The Morgan fingerprint density at radius 3 is 2.20 bits per heavy atom. The molecular formula is C43H37BrN2O4. The van der Waals surface area contributed by atoms with Gasteiger partial charge in [-0.25, -0.2) is 4.99 Å². The zero-order chi connectivity index (χ0) is 34.3. The number of fused-ring (bicyclic) bond motifs is 1. The lowest BCUT2D eigenvalue weighted by atomic mass is 9.81. The van der Waals surface area contributed by atoms with Crippen LogP contribution in [0.4, 0.5) is 0 Å². The van der Waals surface area contributed by atoms with E-state index in [1.165, 1.54) is 0 Å². The number of carbonyl (C=O) groups excluding carboxylic acids is 1. The number of aliphatic hydroxyl groups excluding tert-OH is 1. The van der Waals surface area contributed by atoms with Crippen LogP contribution in [-0.2, 0) is 22.5 Å². The predicted octanol–water partition coefficient (Wildman–Crippen LogP) is 8.85. The molecule has 50 heavy (non-hydrogen) atoms. The molecule has 0 spiro atoms. The summed E-state index contributed by atoms with van der Waals surface area (Å²) in [6.07, 6.45) is 0.128. The fourth-order valence-electron chi connectivity index (χ4n) is 6.47. The lowest BCUT2D eigenvalue weighted by molar-refractivity contribution is -0.129. The number of aliphatic imine (C=N–C) groups is 1. The fourth-order valence-corrected chi connectivity index (χ4v) is 6.90. The second kappa shape index (κ2) is 15.1. The number of aliphatic hydroxyl groups is 1. The molecule has 0 radical (unpaired) electrons. The number of nitrogens with zero attached hydrogens (tertiary/aromatic N) is 1. The van der Waals surface area contributed by atoms with E-state index in [4.69, 9.17) is 19.6 Å². The van der Waals surface area contributed by atoms with Gasteiger partial charge in [0, 0.05) is 36.0 Å². The average molecular weight is 726 g/mol. The highest BCUT2D eigenvalue weighted by Crippen LogP contribution is 2.44. The Labute approximate surface area is 300 Å². The van der Waals surface area contributed by atoms with Gasteiger partial charge in [-0.1, -0.05) is 131 Å². The summed E-state index contributed by atoms with van der Waals surface area (Å²) in [5.41, 5.74) is 4.39. The second-order valence-electron chi connectivity index (χ2n) is 12.4. The first-order valence-corrected chi connectivity index (χ1v) is 17.6. The Bertz CT molecular complexity index is 2110. The van der Waals surface area contributed by atoms with E-state index in [0.29, 0.717) is 37.6 Å². The van der Waals surface area contributed by atoms with Crippen molar-refractivity contribution in [2.75, 3.05) is 13.2 Å². The number of rotatable bonds is 12. The third kappa shape index (κ3) is 7.06. The topological polar surface area (TPSA) is 80.2 Å². The van der Waals surface area contributed by atoms with Gasteiger partial charge in [0.05, 0.1) is 6.61 Å². The van der Waals surface area contributed by atoms with E-state index in [9.17, 15) is 4.79 Å². The van der Waals surface area contributed by atoms with Crippen molar-refractivity contribution in [3.8, 4) is 16.9 Å². The summed E-state index contributed by atoms with van der Waals surface area (Å²) >= 11 is 3.73. The van der Waals surface area contributed by atoms with Crippen LogP contribution in [0, 0.1) is 0 Å². The SMILES string of the molecule is O=C(NCc1cccc2ccccc12)[C@]1(Cc2ccccc2Br)N=C(c2ccc(OCCCO)cc2)O[C@@H]1c1ccc(-c2ccccc2)cc1. The van der Waals surface area contributed by atoms with Gasteiger partial charge in [0.2, 0.25) is 5.90 Å². The standard InChI is InChI=1S/C43H37BrN2O4/c44-39-17-7-5-13-35(39)28-43(42(48)45-29-36-15-8-14-32-12-4-6-16-38(32)36)40(33-20-18-31(19-21-33)30-10-2-1-3-11-30)50-41(46-43)34-22-24-37(25-23-34)49-27-9-26-47/h1-8,10-25,40,47H,9,26-29H2,(H,45,48)/t40-,43-/m1/s1. The minimum Gasteiger partial charge on any atom is -0.494 e. The molecule has 6 aromatic rings. The van der Waals surface area contributed by atoms with Gasteiger partial charge < -0.3 is 19.9 Å². The van der Waals surface area contributed by atoms with Gasteiger partial charge in [-0.2, -0.15) is 0 Å². The van der Waals surface area contributed by atoms with Crippen LogP contribution >= 0.6 is 15.9 Å². The van der Waals surface area contributed by atoms with E-state index in [-0.39, 0.29) is 12.5 Å². The van der Waals surface area contributed by atoms with Crippen molar-refractivity contribution in [1.29, 1.82) is 0 Å². The lowest BCUT2D eigenvalue weighted by Crippen LogP contribution is -2.49. The Balaban J connectivity index is 1.30. The summed E-state index contributed by atoms with van der Waals surface area (Å²) in [5.74, 6) is 0.842. The molecule has 6 nitrogen and oxygen atoms in total. The van der Waals surface area contributed by atoms with Gasteiger partial charge in [-0.05, 0) is 68.9 Å². The summed E-state index contributed by atoms with van der Waals surface area (Å²) in [7, 11) is 0. The summed E-state index contributed by atoms with van der Waals surface area (Å²) in [6.45, 7) is 0.821. The van der Waals surface area contributed by atoms with Crippen LogP contribution in [0.3, 0.4) is 0 Å². The summed E-state index contributed by atoms with van der Waals surface area (Å²) in [4.78, 5) is 20.1. The highest BCUT2D eigenvalue weighted by Gasteiger charge is 2.53. The molecule has 7 rings (SSSR count). The molecular weight excluding hydrogens is 688 g/mol. The summed E-state index contributed by atoms with van der Waals surface area (Å²) < 4.78 is 13.5. The van der Waals surface area contributed by atoms with E-state index >= 15 is 0 Å². The van der Waals surface area contributed by atoms with Gasteiger partial charge in [0.1, 0.15) is 5.75 Å². The second-order valence-corrected chi connectivity index (χ2v) is 13.2. The van der Waals surface area contributed by atoms with Crippen molar-refractivity contribution < 1.29 is 19.4 Å². The van der Waals surface area contributed by atoms with Crippen molar-refractivity contribution >= 4 is 38.5 Å². The third-order valence-electron chi connectivity index (χ3n) is 9.09. The van der Waals surface area contributed by atoms with E-state index < -0.39 is 11.6 Å². The van der Waals surface area contributed by atoms with Crippen LogP contribution in [0.1, 0.15) is 34.8 Å². The maximum Gasteiger partial charge on any atom is 0.252 e. The van der Waals surface area contributed by atoms with E-state index in [1.807, 2.05) is 103 Å². The molecule has 0 saturated heterocycles. The Morgan fingerprint density at radius 2 is 1.42 bits per heavy atom. The molecule has 0 bridgehead atoms. The molecule has 0 aliphatic carbocycles. The summed E-state index contributed by atoms with van der Waals surface area (Å²) in [5, 5.41) is 14.6. The van der Waals surface area contributed by atoms with Crippen molar-refractivity contribution in [2.45, 2.75) is 31.0 Å². The zero-order valence-electron chi connectivity index (χ0n) is 27.5. The highest BCUT2D eigenvalue weighted by atomic mass is 79.9. The number of hydrogen-bond donors (Lipinski definition) is 2. The molecule has 250 valence electrons. The van der Waals surface area contributed by atoms with Crippen LogP contribution in [0.2, 0.25) is 0 Å². The summed E-state index contributed by atoms with van der Waals surface area (Å²) in [6, 6.07) is 48.2. The van der Waals surface area contributed by atoms with E-state index in [2.05, 4.69) is 63.7 Å². The largest absolute Gasteiger partial charge is 0.494 e. The molecule has 0 unspecified atom stereocenters. The van der Waals surface area contributed by atoms with Gasteiger partial charge in [0.25, 0.3) is 5.91 Å². The Hall–Kier alpha value is -5.24. The molecule has 1 aliphatic rings. The number of ether oxygens (including phenoxy) is 2. The zero-order valence-corrected chi connectivity index (χ0v) is 29.1. The highest BCUT2D eigenvalue weighted by molar-refractivity contribution is 9.10. The number of carbonyl (C=O) groups is 1. The smallest absolute Gasteiger partial charge is 0.252 e. The van der Waals surface area contributed by atoms with Gasteiger partial charge >= 0.3 is 0 Å². The normalized spacial score (nSPS) is 16.8.